The number of phosphoric ester groups is 1. The van der Waals surface area contributed by atoms with Gasteiger partial charge in [-0.05, 0) is 0 Å². The summed E-state index contributed by atoms with van der Waals surface area (Å²) >= 11 is 0. The van der Waals surface area contributed by atoms with Crippen LogP contribution in [0.1, 0.15) is 9.08 Å². The maximum absolute atomic E-state index is 11.6. The Labute approximate surface area is 191 Å². The first-order valence-electron chi connectivity index (χ1n) is 6.58. The molecule has 4 atom stereocenters. The number of aromatic amines is 2. The van der Waals surface area contributed by atoms with Gasteiger partial charge in [0.05, 0.1) is 12.9 Å². The van der Waals surface area contributed by atoms with E-state index >= 15 is 0 Å². The maximum atomic E-state index is 11.6. The minimum Gasteiger partial charge on any atom is -1.00 e. The van der Waals surface area contributed by atoms with Gasteiger partial charge in [0.1, 0.15) is 24.0 Å². The van der Waals surface area contributed by atoms with Crippen LogP contribution in [0, 0.1) is 0 Å². The quantitative estimate of drug-likeness (QED) is 0.207. The van der Waals surface area contributed by atoms with E-state index in [0.29, 0.717) is 0 Å². The van der Waals surface area contributed by atoms with Crippen LogP contribution < -0.4 is 70.4 Å². The number of imidazole rings is 1. The molecule has 13 nitrogen and oxygen atoms in total. The second-order valence-corrected chi connectivity index (χ2v) is 6.33. The number of aliphatic hydroxyl groups excluding tert-OH is 2. The summed E-state index contributed by atoms with van der Waals surface area (Å²) in [5, 5.41) is 20.0. The average molecular weight is 412 g/mol. The summed E-state index contributed by atoms with van der Waals surface area (Å²) in [6, 6.07) is 0. The summed E-state index contributed by atoms with van der Waals surface area (Å²) in [4.78, 5) is 48.5. The van der Waals surface area contributed by atoms with E-state index in [1.54, 1.807) is 0 Å². The number of hydrogen-bond donors (Lipinski definition) is 6. The van der Waals surface area contributed by atoms with Crippen LogP contribution in [0.4, 0.5) is 0 Å². The molecule has 1 saturated heterocycles. The van der Waals surface area contributed by atoms with Gasteiger partial charge in [0.2, 0.25) is 0 Å². The SMILES string of the molecule is O=c1[nH]c(=O)c2ncn(C3OC(COP(=O)(O)O)C(O)C3O)c2[nH]1.[H-].[H-].[Na+].[Na+]. The molecule has 1 aliphatic heterocycles. The van der Waals surface area contributed by atoms with Gasteiger partial charge in [0, 0.05) is 0 Å². The molecule has 1 aliphatic rings. The van der Waals surface area contributed by atoms with Crippen molar-refractivity contribution in [3.8, 4) is 0 Å². The molecule has 2 aromatic heterocycles. The minimum absolute atomic E-state index is 0. The Morgan fingerprint density at radius 2 is 1.92 bits per heavy atom. The zero-order chi connectivity index (χ0) is 17.6. The van der Waals surface area contributed by atoms with Crippen LogP contribution in [0.3, 0.4) is 0 Å². The summed E-state index contributed by atoms with van der Waals surface area (Å²) in [5.74, 6) is 0. The molecule has 3 rings (SSSR count). The van der Waals surface area contributed by atoms with Crippen LogP contribution in [-0.2, 0) is 13.8 Å². The van der Waals surface area contributed by atoms with E-state index in [-0.39, 0.29) is 73.1 Å². The van der Waals surface area contributed by atoms with Crippen LogP contribution in [0.2, 0.25) is 0 Å². The summed E-state index contributed by atoms with van der Waals surface area (Å²) in [5.41, 5.74) is -1.71. The number of aromatic nitrogens is 4. The van der Waals surface area contributed by atoms with E-state index in [1.807, 2.05) is 4.98 Å². The Morgan fingerprint density at radius 1 is 1.27 bits per heavy atom. The van der Waals surface area contributed by atoms with Crippen molar-refractivity contribution in [2.75, 3.05) is 6.61 Å². The van der Waals surface area contributed by atoms with Crippen molar-refractivity contribution in [1.82, 2.24) is 19.5 Å². The number of ether oxygens (including phenoxy) is 1. The van der Waals surface area contributed by atoms with Gasteiger partial charge < -0.3 is 27.6 Å². The van der Waals surface area contributed by atoms with Gasteiger partial charge in [-0.15, -0.1) is 0 Å². The molecule has 0 aromatic carbocycles. The van der Waals surface area contributed by atoms with Crippen molar-refractivity contribution >= 4 is 19.0 Å². The van der Waals surface area contributed by atoms with Gasteiger partial charge in [-0.25, -0.2) is 14.3 Å². The fourth-order valence-electron chi connectivity index (χ4n) is 2.41. The number of rotatable bonds is 4. The third-order valence-corrected chi connectivity index (χ3v) is 3.97. The second kappa shape index (κ2) is 9.09. The average Bonchev–Trinajstić information content (AvgIpc) is 3.00. The monoisotopic (exact) mass is 412 g/mol. The summed E-state index contributed by atoms with van der Waals surface area (Å²) in [6.07, 6.45) is -4.43. The number of fused-ring (bicyclic) bond motifs is 1. The van der Waals surface area contributed by atoms with E-state index in [2.05, 4.69) is 14.5 Å². The molecular weight excluding hydrogens is 397 g/mol. The number of phosphoric acid groups is 1. The van der Waals surface area contributed by atoms with Crippen LogP contribution in [0.15, 0.2) is 15.9 Å². The van der Waals surface area contributed by atoms with Crippen molar-refractivity contribution in [2.24, 2.45) is 0 Å². The Hall–Kier alpha value is 0.140. The summed E-state index contributed by atoms with van der Waals surface area (Å²) < 4.78 is 21.4. The fourth-order valence-corrected chi connectivity index (χ4v) is 2.75. The summed E-state index contributed by atoms with van der Waals surface area (Å²) in [6.45, 7) is -0.678. The summed E-state index contributed by atoms with van der Waals surface area (Å²) in [7, 11) is -4.78. The third-order valence-electron chi connectivity index (χ3n) is 3.49. The van der Waals surface area contributed by atoms with Crippen molar-refractivity contribution in [1.29, 1.82) is 0 Å². The number of nitrogens with zero attached hydrogens (tertiary/aromatic N) is 2. The van der Waals surface area contributed by atoms with E-state index in [1.165, 1.54) is 0 Å². The second-order valence-electron chi connectivity index (χ2n) is 5.09. The first-order chi connectivity index (χ1) is 11.2. The van der Waals surface area contributed by atoms with Gasteiger partial charge in [0.25, 0.3) is 5.56 Å². The molecular formula is C10H15N4Na2O9P. The molecule has 3 heterocycles. The largest absolute Gasteiger partial charge is 1.00 e. The van der Waals surface area contributed by atoms with Crippen molar-refractivity contribution < 1.29 is 95.8 Å². The van der Waals surface area contributed by atoms with E-state index < -0.39 is 50.2 Å². The molecule has 136 valence electrons. The molecule has 6 N–H and O–H groups in total. The van der Waals surface area contributed by atoms with Crippen LogP contribution in [0.5, 0.6) is 0 Å². The Balaban J connectivity index is 0. The Bertz CT molecular complexity index is 933. The predicted molar refractivity (Wildman–Crippen MR) is 77.1 cm³/mol. The van der Waals surface area contributed by atoms with E-state index in [9.17, 15) is 24.4 Å². The molecule has 0 aliphatic carbocycles. The number of aliphatic hydroxyl groups is 2. The smallest absolute Gasteiger partial charge is 1.00 e. The Morgan fingerprint density at radius 3 is 2.54 bits per heavy atom. The zero-order valence-electron chi connectivity index (χ0n) is 15.8. The van der Waals surface area contributed by atoms with E-state index in [4.69, 9.17) is 14.5 Å². The van der Waals surface area contributed by atoms with Gasteiger partial charge >= 0.3 is 72.6 Å². The van der Waals surface area contributed by atoms with Crippen molar-refractivity contribution in [3.63, 3.8) is 0 Å². The molecule has 0 bridgehead atoms. The molecule has 0 spiro atoms. The predicted octanol–water partition coefficient (Wildman–Crippen LogP) is -8.63. The minimum atomic E-state index is -4.78. The van der Waals surface area contributed by atoms with Crippen LogP contribution in [-0.4, -0.2) is 64.4 Å². The first kappa shape index (κ1) is 24.2. The van der Waals surface area contributed by atoms with E-state index in [0.717, 1.165) is 10.9 Å². The molecule has 16 heteroatoms. The molecule has 4 unspecified atom stereocenters. The molecule has 1 fully saturated rings. The number of H-pyrrole nitrogens is 2. The fraction of sp³-hybridized carbons (Fsp3) is 0.500. The van der Waals surface area contributed by atoms with Gasteiger partial charge in [-0.2, -0.15) is 0 Å². The molecule has 0 saturated carbocycles. The van der Waals surface area contributed by atoms with Crippen LogP contribution in [0.25, 0.3) is 11.2 Å². The molecule has 2 aromatic rings. The van der Waals surface area contributed by atoms with Gasteiger partial charge in [-0.1, -0.05) is 0 Å². The Kier molecular flexibility index (Phi) is 8.46. The zero-order valence-corrected chi connectivity index (χ0v) is 18.7. The maximum Gasteiger partial charge on any atom is 1.00 e. The first-order valence-corrected chi connectivity index (χ1v) is 8.11. The molecule has 0 amide bonds. The topological polar surface area (TPSA) is 200 Å². The standard InChI is InChI=1S/C10H13N4O9P.2Na.2H/c15-5-3(1-22-24(19,20)21)23-9(6(5)16)14-2-11-4-7(14)12-10(18)13-8(4)17;;;;/h2-3,5-6,9,15-16H,1H2,(H2,19,20,21)(H2,12,13,17,18);;;;/q;2*+1;2*-1. The molecule has 26 heavy (non-hydrogen) atoms. The van der Waals surface area contributed by atoms with Crippen molar-refractivity contribution in [2.45, 2.75) is 24.5 Å². The van der Waals surface area contributed by atoms with Crippen LogP contribution >= 0.6 is 7.82 Å². The normalized spacial score (nSPS) is 25.7. The van der Waals surface area contributed by atoms with Gasteiger partial charge in [-0.3, -0.25) is 23.9 Å². The third kappa shape index (κ3) is 4.94. The number of hydrogen-bond acceptors (Lipinski definition) is 8. The molecule has 0 radical (unpaired) electrons. The van der Waals surface area contributed by atoms with Crippen molar-refractivity contribution in [3.05, 3.63) is 27.2 Å². The number of nitrogens with one attached hydrogen (secondary N) is 2. The van der Waals surface area contributed by atoms with Gasteiger partial charge in [0.15, 0.2) is 11.7 Å².